The average Bonchev–Trinajstić information content (AvgIpc) is 0.763. The number of carbonyl (C=O) groups excluding carboxylic acids is 6. The highest BCUT2D eigenvalue weighted by atomic mass is 16.8. The van der Waals surface area contributed by atoms with E-state index in [0.29, 0.717) is 33.6 Å². The zero-order chi connectivity index (χ0) is 72.7. The molecule has 4 aliphatic rings. The van der Waals surface area contributed by atoms with Gasteiger partial charge in [0, 0.05) is 44.4 Å². The van der Waals surface area contributed by atoms with Crippen molar-refractivity contribution in [3.63, 3.8) is 0 Å². The molecule has 9 rings (SSSR count). The summed E-state index contributed by atoms with van der Waals surface area (Å²) in [4.78, 5) is 86.3. The molecule has 5 aromatic rings. The van der Waals surface area contributed by atoms with E-state index in [1.54, 1.807) is 146 Å². The Hall–Kier alpha value is -9.14. The van der Waals surface area contributed by atoms with Crippen LogP contribution in [-0.2, 0) is 147 Å². The molecule has 546 valence electrons. The number of carbonyl (C=O) groups is 6. The van der Waals surface area contributed by atoms with Gasteiger partial charge in [-0.2, -0.15) is 0 Å². The molecular weight excluding hydrogens is 1340 g/mol. The first-order valence-electron chi connectivity index (χ1n) is 32.7. The summed E-state index contributed by atoms with van der Waals surface area (Å²) in [5.74, 6) is -4.57. The predicted molar refractivity (Wildman–Crippen MR) is 351 cm³/mol. The van der Waals surface area contributed by atoms with Gasteiger partial charge >= 0.3 is 35.8 Å². The SMILES string of the molecule is COC(=O)C1O[C@@H](O[C@H]2C(COC(C)=O)O[C@@H](O[C@H]3C(C)O[C@@H](OC(C)=O)C(OC(C)=O)[C@H]3OCc3ccccc3)C(N=[N+]=[N-])[C@H]2OCc2ccccc2)C(OC(C)=O)[C@@H](OCc2ccccc2)[C@H]1O[C@@H]1OC(COC(C)=O)[C@H](OCc2ccc(OC)cc2)[C@H](OCc2ccccc2)C1N=[N+]=[N-]. The highest BCUT2D eigenvalue weighted by molar-refractivity contribution is 5.76. The summed E-state index contributed by atoms with van der Waals surface area (Å²) in [7, 11) is 2.59. The molecule has 4 fully saturated rings. The van der Waals surface area contributed by atoms with Gasteiger partial charge in [0.1, 0.15) is 92.1 Å². The van der Waals surface area contributed by atoms with Crippen molar-refractivity contribution in [2.45, 2.75) is 197 Å². The molecule has 4 aliphatic heterocycles. The minimum atomic E-state index is -2.00. The van der Waals surface area contributed by atoms with Gasteiger partial charge in [-0.1, -0.05) is 144 Å². The molecule has 31 heteroatoms. The van der Waals surface area contributed by atoms with Crippen LogP contribution >= 0.6 is 0 Å². The van der Waals surface area contributed by atoms with Crippen LogP contribution in [0.2, 0.25) is 0 Å². The maximum atomic E-state index is 14.8. The average molecular weight is 1420 g/mol. The van der Waals surface area contributed by atoms with Crippen LogP contribution in [-0.4, -0.2) is 186 Å². The van der Waals surface area contributed by atoms with Crippen molar-refractivity contribution in [2.24, 2.45) is 10.2 Å². The summed E-state index contributed by atoms with van der Waals surface area (Å²) >= 11 is 0. The smallest absolute Gasteiger partial charge is 0.337 e. The predicted octanol–water partition coefficient (Wildman–Crippen LogP) is 8.08. The maximum absolute atomic E-state index is 14.8. The Bertz CT molecular complexity index is 3620. The van der Waals surface area contributed by atoms with Crippen LogP contribution in [0, 0.1) is 0 Å². The molecule has 20 atom stereocenters. The number of hydrogen-bond acceptors (Lipinski definition) is 27. The Balaban J connectivity index is 1.14. The van der Waals surface area contributed by atoms with Gasteiger partial charge in [-0.3, -0.25) is 24.0 Å². The van der Waals surface area contributed by atoms with Crippen LogP contribution in [0.1, 0.15) is 69.4 Å². The molecule has 0 aliphatic carbocycles. The van der Waals surface area contributed by atoms with Crippen LogP contribution in [0.5, 0.6) is 5.75 Å². The number of methoxy groups -OCH3 is 2. The lowest BCUT2D eigenvalue weighted by atomic mass is 9.93. The van der Waals surface area contributed by atoms with Gasteiger partial charge in [0.25, 0.3) is 0 Å². The minimum Gasteiger partial charge on any atom is -0.497 e. The van der Waals surface area contributed by atoms with Crippen molar-refractivity contribution < 1.29 is 119 Å². The van der Waals surface area contributed by atoms with Gasteiger partial charge in [0.15, 0.2) is 37.2 Å². The third kappa shape index (κ3) is 21.2. The first kappa shape index (κ1) is 77.0. The second-order valence-corrected chi connectivity index (χ2v) is 24.0. The Morgan fingerprint density at radius 3 is 1.18 bits per heavy atom. The van der Waals surface area contributed by atoms with Crippen LogP contribution < -0.4 is 4.74 Å². The molecule has 0 radical (unpaired) electrons. The fourth-order valence-electron chi connectivity index (χ4n) is 12.0. The summed E-state index contributed by atoms with van der Waals surface area (Å²) in [5.41, 5.74) is 24.3. The number of benzene rings is 5. The molecule has 0 bridgehead atoms. The van der Waals surface area contributed by atoms with E-state index in [1.807, 2.05) is 6.07 Å². The van der Waals surface area contributed by atoms with E-state index in [4.69, 9.17) is 90.0 Å². The first-order chi connectivity index (χ1) is 49.3. The standard InChI is InChI=1S/C71H82N6O25/c1-40-56(61(91-35-48-25-17-11-18-26-48)65(94-43(4)80)70(93-40)96-45(6)82)99-68-55(75-77-73)60(90-34-47-23-15-10-16-24-47)58(53(98-68)39-87-42(3)79)100-71-66(95-44(5)81)62(92-36-49-27-19-12-20-28-49)63(64(102-71)67(83)85-8)101-69-54(74-76-72)59(89-33-46-21-13-9-14-22-46)57(52(97-69)38-86-41(2)78)88-37-50-29-31-51(84-7)32-30-50/h9-32,40,52-66,68-71H,33-39H2,1-8H3/t40?,52?,53?,54?,55?,56-,57-,58-,59+,60+,61-,62-,63+,64?,65?,66?,68-,69-,70-,71+/m0/s1. The summed E-state index contributed by atoms with van der Waals surface area (Å²) < 4.78 is 120. The fraction of sp³-hybridized carbons (Fsp3) is 0.493. The lowest BCUT2D eigenvalue weighted by molar-refractivity contribution is -0.376. The third-order valence-electron chi connectivity index (χ3n) is 16.7. The number of esters is 6. The lowest BCUT2D eigenvalue weighted by Gasteiger charge is -2.51. The summed E-state index contributed by atoms with van der Waals surface area (Å²) in [6.07, 6.45) is -28.3. The molecular formula is C71H82N6O25. The van der Waals surface area contributed by atoms with Crippen molar-refractivity contribution >= 4 is 35.8 Å². The van der Waals surface area contributed by atoms with E-state index >= 15 is 0 Å². The van der Waals surface area contributed by atoms with Crippen molar-refractivity contribution in [2.75, 3.05) is 27.4 Å². The van der Waals surface area contributed by atoms with Gasteiger partial charge in [-0.25, -0.2) is 4.79 Å². The second-order valence-electron chi connectivity index (χ2n) is 24.0. The number of azide groups is 2. The third-order valence-corrected chi connectivity index (χ3v) is 16.7. The van der Waals surface area contributed by atoms with Crippen molar-refractivity contribution in [3.05, 3.63) is 194 Å². The molecule has 8 unspecified atom stereocenters. The highest BCUT2D eigenvalue weighted by Gasteiger charge is 2.60. The van der Waals surface area contributed by atoms with Gasteiger partial charge < -0.3 is 90.0 Å². The molecule has 0 aromatic heterocycles. The first-order valence-corrected chi connectivity index (χ1v) is 32.7. The number of rotatable bonds is 32. The van der Waals surface area contributed by atoms with Crippen LogP contribution in [0.4, 0.5) is 0 Å². The molecule has 4 heterocycles. The lowest BCUT2D eigenvalue weighted by Crippen LogP contribution is -2.69. The summed E-state index contributed by atoms with van der Waals surface area (Å²) in [5, 5.41) is 8.40. The second kappa shape index (κ2) is 38.2. The molecule has 0 saturated carbocycles. The summed E-state index contributed by atoms with van der Waals surface area (Å²) in [6, 6.07) is 39.3. The van der Waals surface area contributed by atoms with E-state index in [0.717, 1.165) is 34.8 Å². The molecule has 102 heavy (non-hydrogen) atoms. The van der Waals surface area contributed by atoms with Crippen molar-refractivity contribution in [3.8, 4) is 5.75 Å². The van der Waals surface area contributed by atoms with Gasteiger partial charge in [-0.15, -0.1) is 0 Å². The highest BCUT2D eigenvalue weighted by Crippen LogP contribution is 2.41. The molecule has 5 aromatic carbocycles. The molecule has 0 spiro atoms. The summed E-state index contributed by atoms with van der Waals surface area (Å²) in [6.45, 7) is 5.31. The largest absolute Gasteiger partial charge is 0.497 e. The Morgan fingerprint density at radius 2 is 0.765 bits per heavy atom. The van der Waals surface area contributed by atoms with Crippen LogP contribution in [0.25, 0.3) is 20.9 Å². The maximum Gasteiger partial charge on any atom is 0.337 e. The van der Waals surface area contributed by atoms with E-state index in [1.165, 1.54) is 14.0 Å². The Kier molecular flexibility index (Phi) is 28.9. The number of hydrogen-bond donors (Lipinski definition) is 0. The Morgan fingerprint density at radius 1 is 0.392 bits per heavy atom. The van der Waals surface area contributed by atoms with Gasteiger partial charge in [0.2, 0.25) is 6.29 Å². The minimum absolute atomic E-state index is 0.0734. The number of nitrogens with zero attached hydrogens (tertiary/aromatic N) is 6. The molecule has 4 saturated heterocycles. The molecule has 31 nitrogen and oxygen atoms in total. The number of ether oxygens (including phenoxy) is 19. The van der Waals surface area contributed by atoms with Crippen LogP contribution in [0.15, 0.2) is 156 Å². The van der Waals surface area contributed by atoms with Crippen molar-refractivity contribution in [1.82, 2.24) is 0 Å². The van der Waals surface area contributed by atoms with E-state index < -0.39 is 172 Å². The Labute approximate surface area is 587 Å². The van der Waals surface area contributed by atoms with E-state index in [9.17, 15) is 39.8 Å². The fourth-order valence-corrected chi connectivity index (χ4v) is 12.0. The van der Waals surface area contributed by atoms with E-state index in [-0.39, 0.29) is 33.0 Å². The van der Waals surface area contributed by atoms with Crippen molar-refractivity contribution in [1.29, 1.82) is 0 Å². The zero-order valence-electron chi connectivity index (χ0n) is 57.2. The monoisotopic (exact) mass is 1420 g/mol. The topological polar surface area (TPSA) is 375 Å². The quantitative estimate of drug-likeness (QED) is 0.0129. The van der Waals surface area contributed by atoms with Gasteiger partial charge in [-0.05, 0) is 57.9 Å². The van der Waals surface area contributed by atoms with Crippen LogP contribution in [0.3, 0.4) is 0 Å². The van der Waals surface area contributed by atoms with E-state index in [2.05, 4.69) is 20.1 Å². The normalized spacial score (nSPS) is 29.1. The zero-order valence-corrected chi connectivity index (χ0v) is 57.2. The van der Waals surface area contributed by atoms with Gasteiger partial charge in [0.05, 0.1) is 53.4 Å². The molecule has 0 amide bonds. The molecule has 0 N–H and O–H groups in total.